The summed E-state index contributed by atoms with van der Waals surface area (Å²) in [7, 11) is 1.76. The third-order valence-electron chi connectivity index (χ3n) is 3.51. The highest BCUT2D eigenvalue weighted by Gasteiger charge is 2.33. The van der Waals surface area contributed by atoms with Gasteiger partial charge in [-0.15, -0.1) is 4.57 Å². The molecule has 3 aromatic rings. The Bertz CT molecular complexity index is 1030. The van der Waals surface area contributed by atoms with Crippen molar-refractivity contribution < 1.29 is 9.43 Å². The maximum absolute atomic E-state index is 5.87. The molecule has 9 heteroatoms. The molecule has 2 N–H and O–H groups in total. The van der Waals surface area contributed by atoms with Gasteiger partial charge in [-0.3, -0.25) is 0 Å². The van der Waals surface area contributed by atoms with Crippen molar-refractivity contribution in [2.75, 3.05) is 12.8 Å². The summed E-state index contributed by atoms with van der Waals surface area (Å²) in [5.74, 6) is 0.960. The van der Waals surface area contributed by atoms with Gasteiger partial charge in [-0.05, 0) is 24.3 Å². The molecule has 24 heavy (non-hydrogen) atoms. The fraction of sp³-hybridized carbons (Fsp3) is 0.133. The number of pyridine rings is 1. The third kappa shape index (κ3) is 2.38. The van der Waals surface area contributed by atoms with Crippen molar-refractivity contribution in [1.29, 1.82) is 0 Å². The van der Waals surface area contributed by atoms with Gasteiger partial charge in [-0.25, -0.2) is 4.98 Å². The quantitative estimate of drug-likeness (QED) is 0.580. The van der Waals surface area contributed by atoms with Gasteiger partial charge in [0.15, 0.2) is 0 Å². The van der Waals surface area contributed by atoms with E-state index in [4.69, 9.17) is 10.5 Å². The van der Waals surface area contributed by atoms with Gasteiger partial charge in [-0.2, -0.15) is 4.98 Å². The summed E-state index contributed by atoms with van der Waals surface area (Å²) in [5, 5.41) is 7.73. The van der Waals surface area contributed by atoms with Crippen LogP contribution in [0.1, 0.15) is 5.69 Å². The second-order valence-electron chi connectivity index (χ2n) is 5.16. The monoisotopic (exact) mass is 322 g/mol. The first-order valence-electron chi connectivity index (χ1n) is 7.27. The van der Waals surface area contributed by atoms with Crippen molar-refractivity contribution in [2.24, 2.45) is 10.3 Å². The summed E-state index contributed by atoms with van der Waals surface area (Å²) in [6, 6.07) is 13.5. The average molecular weight is 322 g/mol. The maximum atomic E-state index is 5.87. The minimum absolute atomic E-state index is 0.236. The highest BCUT2D eigenvalue weighted by Crippen LogP contribution is 2.22. The van der Waals surface area contributed by atoms with E-state index in [9.17, 15) is 0 Å². The molecule has 0 atom stereocenters. The first-order valence-corrected chi connectivity index (χ1v) is 7.27. The van der Waals surface area contributed by atoms with Crippen molar-refractivity contribution >= 4 is 22.8 Å². The van der Waals surface area contributed by atoms with E-state index in [-0.39, 0.29) is 6.61 Å². The Morgan fingerprint density at radius 2 is 2.04 bits per heavy atom. The molecule has 0 bridgehead atoms. The lowest BCUT2D eigenvalue weighted by atomic mass is 10.3. The van der Waals surface area contributed by atoms with Crippen LogP contribution in [0.15, 0.2) is 52.8 Å². The Hall–Kier alpha value is -3.58. The van der Waals surface area contributed by atoms with Gasteiger partial charge in [0.05, 0.1) is 5.69 Å². The smallest absolute Gasteiger partial charge is 0.449 e. The second-order valence-corrected chi connectivity index (χ2v) is 5.16. The predicted octanol–water partition coefficient (Wildman–Crippen LogP) is 1.34. The van der Waals surface area contributed by atoms with E-state index in [0.29, 0.717) is 23.5 Å². The summed E-state index contributed by atoms with van der Waals surface area (Å²) < 4.78 is 9.19. The first kappa shape index (κ1) is 14.0. The minimum Gasteiger partial charge on any atom is -0.449 e. The molecule has 118 valence electrons. The predicted molar refractivity (Wildman–Crippen MR) is 86.3 cm³/mol. The molecule has 0 fully saturated rings. The second kappa shape index (κ2) is 5.56. The van der Waals surface area contributed by atoms with E-state index in [1.54, 1.807) is 22.4 Å². The van der Waals surface area contributed by atoms with Gasteiger partial charge in [-0.1, -0.05) is 18.2 Å². The van der Waals surface area contributed by atoms with Gasteiger partial charge >= 0.3 is 17.2 Å². The van der Waals surface area contributed by atoms with Gasteiger partial charge in [0.25, 0.3) is 0 Å². The highest BCUT2D eigenvalue weighted by atomic mass is 16.5. The van der Waals surface area contributed by atoms with Crippen LogP contribution in [-0.2, 0) is 6.61 Å². The molecule has 0 saturated carbocycles. The zero-order chi connectivity index (χ0) is 16.5. The van der Waals surface area contributed by atoms with Gasteiger partial charge < -0.3 is 10.5 Å². The van der Waals surface area contributed by atoms with Crippen LogP contribution in [-0.4, -0.2) is 32.2 Å². The van der Waals surface area contributed by atoms with Crippen LogP contribution < -0.4 is 15.4 Å². The summed E-state index contributed by atoms with van der Waals surface area (Å²) >= 11 is 0. The molecule has 0 saturated heterocycles. The molecule has 4 rings (SSSR count). The Morgan fingerprint density at radius 3 is 2.83 bits per heavy atom. The SMILES string of the molecule is C[N+]1=[N+]=NN=C1n1c(OCc2cccc(N)n2)nc2ccccc21. The zero-order valence-electron chi connectivity index (χ0n) is 12.9. The molecule has 1 aromatic carbocycles. The van der Waals surface area contributed by atoms with Crippen LogP contribution in [0.2, 0.25) is 0 Å². The van der Waals surface area contributed by atoms with E-state index >= 15 is 0 Å². The van der Waals surface area contributed by atoms with E-state index in [0.717, 1.165) is 11.0 Å². The summed E-state index contributed by atoms with van der Waals surface area (Å²) in [6.45, 7) is 0.236. The number of ether oxygens (including phenoxy) is 1. The number of aromatic nitrogens is 3. The molecule has 3 heterocycles. The summed E-state index contributed by atoms with van der Waals surface area (Å²) in [5.41, 5.74) is 8.05. The number of benzene rings is 1. The Morgan fingerprint density at radius 1 is 1.17 bits per heavy atom. The number of fused-ring (bicyclic) bond motifs is 1. The molecular formula is C15H14N8O+2. The fourth-order valence-corrected chi connectivity index (χ4v) is 2.43. The van der Waals surface area contributed by atoms with Crippen molar-refractivity contribution in [3.05, 3.63) is 48.2 Å². The topological polar surface area (TPSA) is 108 Å². The minimum atomic E-state index is 0.236. The highest BCUT2D eigenvalue weighted by molar-refractivity contribution is 5.89. The van der Waals surface area contributed by atoms with Gasteiger partial charge in [0, 0.05) is 4.70 Å². The molecule has 0 radical (unpaired) electrons. The number of nitrogens with zero attached hydrogens (tertiary/aromatic N) is 7. The molecule has 1 aliphatic heterocycles. The lowest BCUT2D eigenvalue weighted by Crippen LogP contribution is -2.23. The molecule has 0 aliphatic carbocycles. The Balaban J connectivity index is 1.73. The standard InChI is InChI=1S/C15H14N8O/c1-22-14(19-20-21-22)23-12-7-3-2-6-11(12)18-15(23)24-9-10-5-4-8-13(16)17-10/h2-8H,9H2,1H3,(H2,16,17)/q+2. The summed E-state index contributed by atoms with van der Waals surface area (Å²) in [6.07, 6.45) is 0. The van der Waals surface area contributed by atoms with Crippen molar-refractivity contribution in [2.45, 2.75) is 6.61 Å². The summed E-state index contributed by atoms with van der Waals surface area (Å²) in [4.78, 5) is 12.6. The van der Waals surface area contributed by atoms with Gasteiger partial charge in [0.2, 0.25) is 5.10 Å². The molecule has 2 aromatic heterocycles. The molecule has 0 amide bonds. The lowest BCUT2D eigenvalue weighted by molar-refractivity contribution is -0.458. The largest absolute Gasteiger partial charge is 0.507 e. The Labute approximate surface area is 136 Å². The number of hydrogen-bond donors (Lipinski definition) is 1. The van der Waals surface area contributed by atoms with Crippen LogP contribution in [0.3, 0.4) is 0 Å². The number of hydrogen-bond acceptors (Lipinski definition) is 6. The molecule has 0 spiro atoms. The maximum Gasteiger partial charge on any atom is 0.507 e. The van der Waals surface area contributed by atoms with Crippen LogP contribution in [0.5, 0.6) is 6.01 Å². The third-order valence-corrected chi connectivity index (χ3v) is 3.51. The van der Waals surface area contributed by atoms with Crippen molar-refractivity contribution in [1.82, 2.24) is 19.4 Å². The van der Waals surface area contributed by atoms with E-state index in [1.807, 2.05) is 36.4 Å². The first-order chi connectivity index (χ1) is 11.7. The van der Waals surface area contributed by atoms with Crippen LogP contribution in [0.25, 0.3) is 11.0 Å². The van der Waals surface area contributed by atoms with Crippen molar-refractivity contribution in [3.8, 4) is 6.01 Å². The molecule has 1 aliphatic rings. The molecular weight excluding hydrogens is 308 g/mol. The fourth-order valence-electron chi connectivity index (χ4n) is 2.43. The van der Waals surface area contributed by atoms with E-state index < -0.39 is 0 Å². The number of para-hydroxylation sites is 2. The number of nitrogen functional groups attached to an aromatic ring is 1. The van der Waals surface area contributed by atoms with E-state index in [1.165, 1.54) is 0 Å². The van der Waals surface area contributed by atoms with Crippen LogP contribution in [0.4, 0.5) is 5.82 Å². The zero-order valence-corrected chi connectivity index (χ0v) is 12.9. The Kier molecular flexibility index (Phi) is 3.25. The van der Waals surface area contributed by atoms with Gasteiger partial charge in [0.1, 0.15) is 35.4 Å². The molecule has 9 nitrogen and oxygen atoms in total. The molecule has 0 unspecified atom stereocenters. The number of nitrogens with two attached hydrogens (primary N) is 1. The van der Waals surface area contributed by atoms with Crippen LogP contribution >= 0.6 is 0 Å². The number of rotatable bonds is 3. The number of anilines is 1. The average Bonchev–Trinajstić information content (AvgIpc) is 3.15. The normalized spacial score (nSPS) is 13.2. The number of imidazole rings is 1. The van der Waals surface area contributed by atoms with Crippen LogP contribution in [0, 0.1) is 0 Å². The lowest BCUT2D eigenvalue weighted by Gasteiger charge is -2.04. The van der Waals surface area contributed by atoms with Crippen molar-refractivity contribution in [3.63, 3.8) is 0 Å². The van der Waals surface area contributed by atoms with E-state index in [2.05, 4.69) is 25.2 Å².